The number of nitrogen functional groups attached to an aromatic ring is 2. The predicted molar refractivity (Wildman–Crippen MR) is 283 cm³/mol. The van der Waals surface area contributed by atoms with Gasteiger partial charge in [0.05, 0.1) is 55.6 Å². The number of fused-ring (bicyclic) bond motifs is 4. The first kappa shape index (κ1) is 50.0. The van der Waals surface area contributed by atoms with Crippen molar-refractivity contribution in [2.75, 3.05) is 11.5 Å². The van der Waals surface area contributed by atoms with Crippen LogP contribution in [-0.4, -0.2) is 56.0 Å². The Kier molecular flexibility index (Phi) is 15.0. The highest BCUT2D eigenvalue weighted by molar-refractivity contribution is 6.32. The van der Waals surface area contributed by atoms with Crippen molar-refractivity contribution in [1.29, 1.82) is 0 Å². The van der Waals surface area contributed by atoms with E-state index in [1.165, 1.54) is 0 Å². The highest BCUT2D eigenvalue weighted by Gasteiger charge is 2.19. The number of aryl methyl sites for hydroxylation is 4. The number of pyridine rings is 6. The van der Waals surface area contributed by atoms with Gasteiger partial charge in [-0.25, -0.2) is 24.7 Å². The third kappa shape index (κ3) is 11.5. The predicted octanol–water partition coefficient (Wildman–Crippen LogP) is 10.8. The van der Waals surface area contributed by atoms with Crippen molar-refractivity contribution < 1.29 is 14.7 Å². The molecule has 8 N–H and O–H groups in total. The fraction of sp³-hybridized carbons (Fsp3) is 0.154. The van der Waals surface area contributed by atoms with Gasteiger partial charge in [-0.1, -0.05) is 58.5 Å². The molecule has 0 spiro atoms. The molecular formula is C52H46Cl4N12O3. The maximum atomic E-state index is 13.3. The summed E-state index contributed by atoms with van der Waals surface area (Å²) in [5.41, 5.74) is 28.8. The van der Waals surface area contributed by atoms with E-state index in [0.717, 1.165) is 77.5 Å². The van der Waals surface area contributed by atoms with Crippen molar-refractivity contribution in [3.05, 3.63) is 186 Å². The molecule has 0 fully saturated rings. The molecule has 2 aromatic carbocycles. The van der Waals surface area contributed by atoms with Gasteiger partial charge in [-0.3, -0.25) is 14.8 Å². The molecular weight excluding hydrogens is 982 g/mol. The lowest BCUT2D eigenvalue weighted by molar-refractivity contribution is 0.0698. The summed E-state index contributed by atoms with van der Waals surface area (Å²) in [7, 11) is 0. The Morgan fingerprint density at radius 3 is 1.54 bits per heavy atom. The van der Waals surface area contributed by atoms with Crippen molar-refractivity contribution >= 4 is 114 Å². The van der Waals surface area contributed by atoms with E-state index in [0.29, 0.717) is 69.5 Å². The first-order valence-electron chi connectivity index (χ1n) is 22.0. The van der Waals surface area contributed by atoms with Crippen LogP contribution in [-0.2, 0) is 26.2 Å². The molecule has 0 saturated carbocycles. The van der Waals surface area contributed by atoms with Gasteiger partial charge in [-0.15, -0.1) is 0 Å². The number of aromatic carboxylic acids is 1. The molecule has 0 aliphatic heterocycles. The number of aromatic nitrogens is 8. The van der Waals surface area contributed by atoms with Crippen LogP contribution in [0.5, 0.6) is 0 Å². The molecule has 15 nitrogen and oxygen atoms in total. The van der Waals surface area contributed by atoms with Gasteiger partial charge in [0.2, 0.25) is 0 Å². The van der Waals surface area contributed by atoms with Crippen LogP contribution < -0.4 is 22.5 Å². The third-order valence-electron chi connectivity index (χ3n) is 11.9. The fourth-order valence-corrected chi connectivity index (χ4v) is 9.10. The van der Waals surface area contributed by atoms with Gasteiger partial charge < -0.3 is 36.8 Å². The summed E-state index contributed by atoms with van der Waals surface area (Å²) in [5.74, 6) is -0.175. The lowest BCUT2D eigenvalue weighted by Crippen LogP contribution is -2.24. The second-order valence-corrected chi connectivity index (χ2v) is 18.4. The maximum Gasteiger partial charge on any atom is 0.337 e. The Morgan fingerprint density at radius 1 is 0.606 bits per heavy atom. The van der Waals surface area contributed by atoms with E-state index in [1.54, 1.807) is 49.2 Å². The minimum Gasteiger partial charge on any atom is -0.478 e. The smallest absolute Gasteiger partial charge is 0.337 e. The Bertz CT molecular complexity index is 3640. The monoisotopic (exact) mass is 1030 g/mol. The number of nitrogens with zero attached hydrogens (tertiary/aromatic N) is 8. The highest BCUT2D eigenvalue weighted by Crippen LogP contribution is 2.28. The fourth-order valence-electron chi connectivity index (χ4n) is 8.45. The van der Waals surface area contributed by atoms with Crippen LogP contribution >= 0.6 is 46.4 Å². The Balaban J connectivity index is 0.000000163. The Morgan fingerprint density at radius 2 is 1.07 bits per heavy atom. The topological polar surface area (TPSA) is 232 Å². The number of amides is 1. The van der Waals surface area contributed by atoms with Crippen molar-refractivity contribution in [3.63, 3.8) is 0 Å². The summed E-state index contributed by atoms with van der Waals surface area (Å²) < 4.78 is 3.84. The van der Waals surface area contributed by atoms with Gasteiger partial charge in [0, 0.05) is 83.9 Å². The molecule has 19 heteroatoms. The highest BCUT2D eigenvalue weighted by atomic mass is 35.5. The van der Waals surface area contributed by atoms with Gasteiger partial charge in [-0.2, -0.15) is 0 Å². The van der Waals surface area contributed by atoms with E-state index in [4.69, 9.17) is 63.6 Å². The summed E-state index contributed by atoms with van der Waals surface area (Å²) in [5, 5.41) is 17.4. The number of rotatable bonds is 9. The van der Waals surface area contributed by atoms with Crippen molar-refractivity contribution in [3.8, 4) is 0 Å². The summed E-state index contributed by atoms with van der Waals surface area (Å²) in [4.78, 5) is 50.1. The number of hydrogen-bond donors (Lipinski definition) is 5. The zero-order valence-electron chi connectivity index (χ0n) is 38.8. The zero-order chi connectivity index (χ0) is 50.7. The number of anilines is 2. The lowest BCUT2D eigenvalue weighted by Gasteiger charge is -2.11. The SMILES string of the molecule is Cc1cc(N)nc(C)c1CN.Cc1cc(N)nc(C)c1CNC(=O)c1cn(Cc2ccc3ncc(Cl)cc3c2)c2cnc(Cl)cc12.O=C(O)c1cn(Cc2ccc3ncc(Cl)cc3c2)c2cnc(Cl)cc12. The number of carbonyl (C=O) groups excluding carboxylic acids is 1. The molecule has 10 aromatic rings. The zero-order valence-corrected chi connectivity index (χ0v) is 41.8. The summed E-state index contributed by atoms with van der Waals surface area (Å²) in [6, 6.07) is 22.5. The average Bonchev–Trinajstić information content (AvgIpc) is 3.85. The number of halogens is 4. The lowest BCUT2D eigenvalue weighted by atomic mass is 10.1. The second kappa shape index (κ2) is 21.3. The van der Waals surface area contributed by atoms with Gasteiger partial charge in [0.1, 0.15) is 21.9 Å². The molecule has 0 radical (unpaired) electrons. The normalized spacial score (nSPS) is 11.1. The molecule has 360 valence electrons. The standard InChI is InChI=1S/C26H22Cl2N6O.C18H11Cl2N3O2.C8H13N3/c1-14-5-25(29)33-15(2)20(14)10-32-26(35)21-13-34(23-11-31-24(28)8-19(21)23)12-16-3-4-22-17(6-16)7-18(27)9-30-22;19-12-4-11-3-10(1-2-15(11)21-6-12)8-23-9-14(18(24)25)13-5-17(20)22-7-16(13)23;1-5-3-8(10)11-6(2)7(5)4-9/h3-9,11,13H,10,12H2,1-2H3,(H2,29,33)(H,32,35);1-7,9H,8H2,(H,24,25);3H,4,9H2,1-2H3,(H2,10,11). The molecule has 10 rings (SSSR count). The van der Waals surface area contributed by atoms with Crippen molar-refractivity contribution in [2.24, 2.45) is 5.73 Å². The summed E-state index contributed by atoms with van der Waals surface area (Å²) in [6.45, 7) is 9.66. The molecule has 0 unspecified atom stereocenters. The summed E-state index contributed by atoms with van der Waals surface area (Å²) >= 11 is 24.2. The molecule has 0 aliphatic rings. The minimum atomic E-state index is -1.000. The van der Waals surface area contributed by atoms with E-state index >= 15 is 0 Å². The van der Waals surface area contributed by atoms with E-state index in [1.807, 2.05) is 97.6 Å². The van der Waals surface area contributed by atoms with Gasteiger partial charge >= 0.3 is 5.97 Å². The molecule has 71 heavy (non-hydrogen) atoms. The van der Waals surface area contributed by atoms with Crippen LogP contribution in [0.25, 0.3) is 43.6 Å². The molecule has 0 saturated heterocycles. The number of nitrogens with one attached hydrogen (secondary N) is 1. The van der Waals surface area contributed by atoms with E-state index < -0.39 is 5.97 Å². The van der Waals surface area contributed by atoms with Gasteiger partial charge in [0.25, 0.3) is 5.91 Å². The largest absolute Gasteiger partial charge is 0.478 e. The number of carboxylic acids is 1. The minimum absolute atomic E-state index is 0.199. The van der Waals surface area contributed by atoms with Crippen molar-refractivity contribution in [1.82, 2.24) is 44.4 Å². The summed E-state index contributed by atoms with van der Waals surface area (Å²) in [6.07, 6.45) is 9.95. The Labute approximate surface area is 427 Å². The van der Waals surface area contributed by atoms with Crippen LogP contribution in [0.3, 0.4) is 0 Å². The van der Waals surface area contributed by atoms with E-state index in [-0.39, 0.29) is 16.6 Å². The molecule has 0 bridgehead atoms. The molecule has 1 amide bonds. The van der Waals surface area contributed by atoms with Crippen LogP contribution in [0, 0.1) is 27.7 Å². The molecule has 8 heterocycles. The quantitative estimate of drug-likeness (QED) is 0.0850. The Hall–Kier alpha value is -7.40. The first-order chi connectivity index (χ1) is 33.9. The molecule has 0 aliphatic carbocycles. The average molecular weight is 1030 g/mol. The van der Waals surface area contributed by atoms with Crippen LogP contribution in [0.4, 0.5) is 11.6 Å². The maximum absolute atomic E-state index is 13.3. The molecule has 8 aromatic heterocycles. The van der Waals surface area contributed by atoms with Crippen molar-refractivity contribution in [2.45, 2.75) is 53.9 Å². The van der Waals surface area contributed by atoms with E-state index in [9.17, 15) is 14.7 Å². The third-order valence-corrected chi connectivity index (χ3v) is 12.7. The van der Waals surface area contributed by atoms with Crippen LogP contribution in [0.1, 0.15) is 65.5 Å². The number of benzene rings is 2. The second-order valence-electron chi connectivity index (χ2n) is 16.8. The van der Waals surface area contributed by atoms with Gasteiger partial charge in [-0.05, 0) is 122 Å². The van der Waals surface area contributed by atoms with Crippen LogP contribution in [0.15, 0.2) is 110 Å². The van der Waals surface area contributed by atoms with Crippen LogP contribution in [0.2, 0.25) is 20.4 Å². The number of nitrogens with two attached hydrogens (primary N) is 3. The number of hydrogen-bond acceptors (Lipinski definition) is 11. The number of carboxylic acid groups (broad SMARTS) is 1. The number of carbonyl (C=O) groups is 2. The van der Waals surface area contributed by atoms with Gasteiger partial charge in [0.15, 0.2) is 0 Å². The first-order valence-corrected chi connectivity index (χ1v) is 23.5. The van der Waals surface area contributed by atoms with E-state index in [2.05, 4.69) is 35.2 Å². The molecule has 0 atom stereocenters.